The molecule has 5 nitrogen and oxygen atoms in total. The largest absolute Gasteiger partial charge is 0.454 e. The molecule has 0 saturated carbocycles. The van der Waals surface area contributed by atoms with Crippen molar-refractivity contribution in [1.82, 2.24) is 18.7 Å². The van der Waals surface area contributed by atoms with E-state index in [-0.39, 0.29) is 0 Å². The fraction of sp³-hybridized carbons (Fsp3) is 0.0227. The maximum Gasteiger partial charge on any atom is 0.160 e. The molecule has 5 heteroatoms. The molecule has 0 aliphatic carbocycles. The van der Waals surface area contributed by atoms with Gasteiger partial charge in [-0.25, -0.2) is 4.98 Å². The van der Waals surface area contributed by atoms with Crippen molar-refractivity contribution in [3.05, 3.63) is 157 Å². The van der Waals surface area contributed by atoms with Crippen LogP contribution in [0.15, 0.2) is 156 Å². The van der Waals surface area contributed by atoms with Gasteiger partial charge in [-0.2, -0.15) is 0 Å². The monoisotopic (exact) mass is 628 g/mol. The minimum absolute atomic E-state index is 0.883. The second-order valence-electron chi connectivity index (χ2n) is 12.8. The third-order valence-electron chi connectivity index (χ3n) is 10.2. The molecule has 0 aliphatic rings. The van der Waals surface area contributed by atoms with Gasteiger partial charge in [0.2, 0.25) is 0 Å². The van der Waals surface area contributed by atoms with E-state index in [4.69, 9.17) is 9.40 Å². The molecular formula is C44H28N4O. The average Bonchev–Trinajstić information content (AvgIpc) is 3.89. The number of benzene rings is 7. The molecule has 0 aliphatic heterocycles. The van der Waals surface area contributed by atoms with Crippen molar-refractivity contribution in [2.24, 2.45) is 0 Å². The first-order valence-corrected chi connectivity index (χ1v) is 16.7. The molecule has 0 bridgehead atoms. The lowest BCUT2D eigenvalue weighted by molar-refractivity contribution is 0.671. The molecule has 49 heavy (non-hydrogen) atoms. The van der Waals surface area contributed by atoms with E-state index in [2.05, 4.69) is 172 Å². The van der Waals surface area contributed by atoms with Gasteiger partial charge in [-0.1, -0.05) is 97.1 Å². The van der Waals surface area contributed by atoms with E-state index < -0.39 is 0 Å². The van der Waals surface area contributed by atoms with Crippen molar-refractivity contribution < 1.29 is 4.42 Å². The van der Waals surface area contributed by atoms with Gasteiger partial charge in [0.1, 0.15) is 11.4 Å². The molecule has 230 valence electrons. The minimum atomic E-state index is 0.883. The van der Waals surface area contributed by atoms with E-state index in [1.54, 1.807) is 0 Å². The zero-order chi connectivity index (χ0) is 32.2. The highest BCUT2D eigenvalue weighted by atomic mass is 16.3. The van der Waals surface area contributed by atoms with Gasteiger partial charge in [0.25, 0.3) is 0 Å². The molecule has 0 N–H and O–H groups in total. The van der Waals surface area contributed by atoms with Crippen LogP contribution in [0, 0.1) is 6.92 Å². The third kappa shape index (κ3) is 3.46. The molecule has 7 aromatic carbocycles. The first-order chi connectivity index (χ1) is 24.3. The van der Waals surface area contributed by atoms with Crippen molar-refractivity contribution in [3.63, 3.8) is 0 Å². The summed E-state index contributed by atoms with van der Waals surface area (Å²) in [7, 11) is 0. The highest BCUT2D eigenvalue weighted by molar-refractivity contribution is 6.39. The Hall–Kier alpha value is -6.59. The molecule has 0 unspecified atom stereocenters. The van der Waals surface area contributed by atoms with Gasteiger partial charge in [-0.05, 0) is 61.5 Å². The molecule has 4 aromatic heterocycles. The number of fused-ring (bicyclic) bond motifs is 13. The lowest BCUT2D eigenvalue weighted by atomic mass is 10.0. The maximum atomic E-state index is 6.93. The Balaban J connectivity index is 1.44. The summed E-state index contributed by atoms with van der Waals surface area (Å²) < 4.78 is 14.1. The van der Waals surface area contributed by atoms with Crippen LogP contribution in [0.2, 0.25) is 0 Å². The SMILES string of the molecule is Cc1nc2ccccc2n1-c1ccccc1-n1c2ccccc2c2c3c4ccccc4oc3c3c(c4ccccc4n3-c3ccccc3)c21. The average molecular weight is 629 g/mol. The van der Waals surface area contributed by atoms with E-state index in [0.29, 0.717) is 0 Å². The van der Waals surface area contributed by atoms with Gasteiger partial charge < -0.3 is 13.6 Å². The summed E-state index contributed by atoms with van der Waals surface area (Å²) in [4.78, 5) is 4.97. The second-order valence-corrected chi connectivity index (χ2v) is 12.8. The zero-order valence-electron chi connectivity index (χ0n) is 26.6. The normalized spacial score (nSPS) is 12.2. The predicted molar refractivity (Wildman–Crippen MR) is 202 cm³/mol. The number of furan rings is 1. The van der Waals surface area contributed by atoms with Gasteiger partial charge in [0.15, 0.2) is 5.58 Å². The summed E-state index contributed by atoms with van der Waals surface area (Å²) in [6.07, 6.45) is 0. The second kappa shape index (κ2) is 9.72. The maximum absolute atomic E-state index is 6.93. The first-order valence-electron chi connectivity index (χ1n) is 16.7. The Morgan fingerprint density at radius 1 is 0.449 bits per heavy atom. The quantitative estimate of drug-likeness (QED) is 0.195. The van der Waals surface area contributed by atoms with E-state index in [1.807, 2.05) is 0 Å². The Morgan fingerprint density at radius 3 is 1.80 bits per heavy atom. The number of imidazole rings is 1. The molecule has 0 fully saturated rings. The van der Waals surface area contributed by atoms with Gasteiger partial charge in [0.05, 0.1) is 44.5 Å². The lowest BCUT2D eigenvalue weighted by Gasteiger charge is -2.17. The number of aryl methyl sites for hydroxylation is 1. The van der Waals surface area contributed by atoms with Gasteiger partial charge in [-0.15, -0.1) is 0 Å². The number of nitrogens with zero attached hydrogens (tertiary/aromatic N) is 4. The summed E-state index contributed by atoms with van der Waals surface area (Å²) in [5, 5.41) is 6.98. The minimum Gasteiger partial charge on any atom is -0.454 e. The number of hydrogen-bond donors (Lipinski definition) is 0. The van der Waals surface area contributed by atoms with Crippen LogP contribution in [0.1, 0.15) is 5.82 Å². The van der Waals surface area contributed by atoms with E-state index in [1.165, 1.54) is 21.5 Å². The molecule has 0 spiro atoms. The van der Waals surface area contributed by atoms with Gasteiger partial charge in [-0.3, -0.25) is 4.57 Å². The van der Waals surface area contributed by atoms with Crippen LogP contribution in [-0.2, 0) is 0 Å². The predicted octanol–water partition coefficient (Wildman–Crippen LogP) is 11.4. The lowest BCUT2D eigenvalue weighted by Crippen LogP contribution is -2.04. The van der Waals surface area contributed by atoms with E-state index >= 15 is 0 Å². The van der Waals surface area contributed by atoms with Crippen molar-refractivity contribution in [3.8, 4) is 17.1 Å². The standard InChI is InChI=1S/C44H28N4O/c1-27-45-32-20-8-11-23-35(32)46(27)36-24-12-13-25-37(36)48-34-22-10-5-17-29(34)39-40-31-19-7-14-26-38(31)49-44(40)43-41(42(39)48)30-18-6-9-21-33(30)47(43)28-15-3-2-4-16-28/h2-26H,1H3. The number of rotatable bonds is 3. The van der Waals surface area contributed by atoms with Crippen LogP contribution in [0.25, 0.3) is 93.6 Å². The third-order valence-corrected chi connectivity index (χ3v) is 10.2. The number of hydrogen-bond acceptors (Lipinski definition) is 2. The van der Waals surface area contributed by atoms with E-state index in [9.17, 15) is 0 Å². The van der Waals surface area contributed by atoms with E-state index in [0.717, 1.165) is 77.9 Å². The van der Waals surface area contributed by atoms with Gasteiger partial charge in [0, 0.05) is 38.0 Å². The Bertz CT molecular complexity index is 3120. The highest BCUT2D eigenvalue weighted by Crippen LogP contribution is 2.49. The molecule has 11 rings (SSSR count). The number of aromatic nitrogens is 4. The summed E-state index contributed by atoms with van der Waals surface area (Å²) in [6.45, 7) is 2.09. The smallest absolute Gasteiger partial charge is 0.160 e. The van der Waals surface area contributed by atoms with Crippen LogP contribution in [0.3, 0.4) is 0 Å². The van der Waals surface area contributed by atoms with Crippen molar-refractivity contribution in [2.75, 3.05) is 0 Å². The van der Waals surface area contributed by atoms with Gasteiger partial charge >= 0.3 is 0 Å². The van der Waals surface area contributed by atoms with Crippen LogP contribution >= 0.6 is 0 Å². The Kier molecular flexibility index (Phi) is 5.25. The summed E-state index contributed by atoms with van der Waals surface area (Å²) >= 11 is 0. The Morgan fingerprint density at radius 2 is 1.02 bits per heavy atom. The number of para-hydroxylation sites is 8. The zero-order valence-corrected chi connectivity index (χ0v) is 26.6. The van der Waals surface area contributed by atoms with Crippen molar-refractivity contribution in [1.29, 1.82) is 0 Å². The summed E-state index contributed by atoms with van der Waals surface area (Å²) in [6, 6.07) is 53.8. The van der Waals surface area contributed by atoms with Crippen LogP contribution in [-0.4, -0.2) is 18.7 Å². The molecule has 0 saturated heterocycles. The fourth-order valence-electron chi connectivity index (χ4n) is 8.27. The van der Waals surface area contributed by atoms with Crippen LogP contribution in [0.4, 0.5) is 0 Å². The molecular weight excluding hydrogens is 601 g/mol. The fourth-order valence-corrected chi connectivity index (χ4v) is 8.27. The molecule has 0 radical (unpaired) electrons. The Labute approximate surface area is 280 Å². The molecule has 11 aromatic rings. The molecule has 0 amide bonds. The molecule has 4 heterocycles. The first kappa shape index (κ1) is 26.5. The highest BCUT2D eigenvalue weighted by Gasteiger charge is 2.28. The summed E-state index contributed by atoms with van der Waals surface area (Å²) in [5.41, 5.74) is 11.6. The van der Waals surface area contributed by atoms with Crippen molar-refractivity contribution in [2.45, 2.75) is 6.92 Å². The van der Waals surface area contributed by atoms with Crippen LogP contribution < -0.4 is 0 Å². The van der Waals surface area contributed by atoms with Crippen LogP contribution in [0.5, 0.6) is 0 Å². The van der Waals surface area contributed by atoms with Crippen molar-refractivity contribution >= 4 is 76.6 Å². The summed E-state index contributed by atoms with van der Waals surface area (Å²) in [5.74, 6) is 0.948. The molecule has 0 atom stereocenters. The topological polar surface area (TPSA) is 40.8 Å².